The third-order valence-corrected chi connectivity index (χ3v) is 1.89. The van der Waals surface area contributed by atoms with Gasteiger partial charge in [-0.25, -0.2) is 7.98 Å². The fourth-order valence-corrected chi connectivity index (χ4v) is 0.671. The summed E-state index contributed by atoms with van der Waals surface area (Å²) in [6.45, 7) is 9.46. The van der Waals surface area contributed by atoms with Crippen molar-refractivity contribution in [1.29, 1.82) is 0 Å². The lowest BCUT2D eigenvalue weighted by molar-refractivity contribution is -0.811. The fraction of sp³-hybridized carbons (Fsp3) is 1.00. The lowest BCUT2D eigenvalue weighted by Gasteiger charge is -2.47. The van der Waals surface area contributed by atoms with E-state index >= 15 is 0 Å². The van der Waals surface area contributed by atoms with Crippen LogP contribution < -0.4 is 0 Å². The first-order valence-electron chi connectivity index (χ1n) is 3.33. The Balaban J connectivity index is 3.58. The van der Waals surface area contributed by atoms with Gasteiger partial charge in [-0.05, 0) is 20.8 Å². The van der Waals surface area contributed by atoms with Crippen LogP contribution in [0.4, 0.5) is 0 Å². The number of hydrogen-bond donors (Lipinski definition) is 0. The second-order valence-electron chi connectivity index (χ2n) is 2.17. The molecule has 0 fully saturated rings. The monoisotopic (exact) mass is 112 g/mol. The average Bonchev–Trinajstić information content (AvgIpc) is 1.87. The zero-order valence-corrected chi connectivity index (χ0v) is 6.15. The summed E-state index contributed by atoms with van der Waals surface area (Å²) in [6, 6.07) is 0. The second-order valence-corrected chi connectivity index (χ2v) is 2.17. The van der Waals surface area contributed by atoms with Gasteiger partial charge in [-0.1, -0.05) is 0 Å². The molecule has 0 aliphatic rings. The van der Waals surface area contributed by atoms with Gasteiger partial charge in [-0.15, -0.1) is 0 Å². The zero-order valence-electron chi connectivity index (χ0n) is 6.15. The van der Waals surface area contributed by atoms with Gasteiger partial charge in [0.05, 0.1) is 0 Å². The third kappa shape index (κ3) is 1.87. The molecule has 0 N–H and O–H groups in total. The molecule has 0 spiro atoms. The van der Waals surface area contributed by atoms with Crippen LogP contribution in [0.25, 0.3) is 0 Å². The predicted octanol–water partition coefficient (Wildman–Crippen LogP) is 0.946. The van der Waals surface area contributed by atoms with Crippen LogP contribution in [0.5, 0.6) is 0 Å². The summed E-state index contributed by atoms with van der Waals surface area (Å²) < 4.78 is 0.708. The van der Waals surface area contributed by atoms with Crippen LogP contribution in [-0.4, -0.2) is 32.0 Å². The van der Waals surface area contributed by atoms with Crippen LogP contribution in [0.15, 0.2) is 0 Å². The average molecular weight is 112 g/mol. The van der Waals surface area contributed by atoms with Crippen molar-refractivity contribution in [3.05, 3.63) is 0 Å². The van der Waals surface area contributed by atoms with Crippen LogP contribution in [0, 0.1) is 0 Å². The minimum absolute atomic E-state index is 0.708. The summed E-state index contributed by atoms with van der Waals surface area (Å²) in [6.07, 6.45) is 0. The maximum Gasteiger partial charge on any atom is 0.0292 e. The molecule has 0 heterocycles. The Morgan fingerprint density at radius 3 is 1.25 bits per heavy atom. The van der Waals surface area contributed by atoms with E-state index < -0.39 is 0 Å². The molecule has 0 unspecified atom stereocenters. The van der Waals surface area contributed by atoms with E-state index in [1.807, 2.05) is 0 Å². The lowest BCUT2D eigenvalue weighted by atomic mass is 10.2. The van der Waals surface area contributed by atoms with E-state index in [0.29, 0.717) is 4.39 Å². The molecule has 0 rings (SSSR count). The highest BCUT2D eigenvalue weighted by molar-refractivity contribution is 5.97. The summed E-state index contributed by atoms with van der Waals surface area (Å²) in [5, 5.41) is 0. The molecule has 0 aromatic carbocycles. The highest BCUT2D eigenvalue weighted by atomic mass is 15.3. The quantitative estimate of drug-likeness (QED) is 0.476. The smallest absolute Gasteiger partial charge is 0.0292 e. The number of rotatable bonds is 3. The first-order chi connectivity index (χ1) is 3.68. The molecule has 0 aliphatic carbocycles. The Labute approximate surface area is 53.7 Å². The summed E-state index contributed by atoms with van der Waals surface area (Å²) >= 11 is 0. The molecule has 8 heavy (non-hydrogen) atoms. The molecular weight excluding hydrogens is 96.9 g/mol. The largest absolute Gasteiger partial charge is 0.589 e. The van der Waals surface area contributed by atoms with Crippen molar-refractivity contribution >= 4 is 7.98 Å². The third-order valence-electron chi connectivity index (χ3n) is 1.89. The first kappa shape index (κ1) is 8.02. The lowest BCUT2D eigenvalue weighted by Crippen LogP contribution is -2.44. The predicted molar refractivity (Wildman–Crippen MR) is 37.6 cm³/mol. The van der Waals surface area contributed by atoms with Gasteiger partial charge >= 0.3 is 0 Å². The number of quaternary nitrogens is 1. The molecule has 0 saturated carbocycles. The van der Waals surface area contributed by atoms with E-state index in [1.54, 1.807) is 0 Å². The summed E-state index contributed by atoms with van der Waals surface area (Å²) in [5.41, 5.74) is 0. The molecule has 0 bridgehead atoms. The van der Waals surface area contributed by atoms with E-state index in [-0.39, 0.29) is 0 Å². The van der Waals surface area contributed by atoms with E-state index in [4.69, 9.17) is 7.98 Å². The van der Waals surface area contributed by atoms with Gasteiger partial charge in [-0.3, -0.25) is 0 Å². The highest BCUT2D eigenvalue weighted by Crippen LogP contribution is 1.96. The van der Waals surface area contributed by atoms with Gasteiger partial charge in [0.15, 0.2) is 0 Å². The molecule has 0 aliphatic heterocycles. The molecule has 0 aromatic heterocycles. The Bertz CT molecular complexity index is 51.3. The maximum atomic E-state index is 5.83. The van der Waals surface area contributed by atoms with Crippen molar-refractivity contribution in [2.75, 3.05) is 19.6 Å². The summed E-state index contributed by atoms with van der Waals surface area (Å²) in [5.74, 6) is 0. The van der Waals surface area contributed by atoms with Crippen LogP contribution >= 0.6 is 0 Å². The summed E-state index contributed by atoms with van der Waals surface area (Å²) in [7, 11) is 5.83. The van der Waals surface area contributed by atoms with E-state index in [2.05, 4.69) is 20.8 Å². The molecule has 2 heteroatoms. The van der Waals surface area contributed by atoms with Crippen molar-refractivity contribution in [1.82, 2.24) is 0 Å². The van der Waals surface area contributed by atoms with E-state index in [1.165, 1.54) is 0 Å². The van der Waals surface area contributed by atoms with Gasteiger partial charge in [0.1, 0.15) is 0 Å². The Kier molecular flexibility index (Phi) is 3.14. The van der Waals surface area contributed by atoms with Crippen LogP contribution in [0.2, 0.25) is 0 Å². The van der Waals surface area contributed by atoms with Gasteiger partial charge in [0.25, 0.3) is 0 Å². The molecule has 0 aromatic rings. The van der Waals surface area contributed by atoms with Crippen LogP contribution in [0.3, 0.4) is 0 Å². The Morgan fingerprint density at radius 2 is 1.25 bits per heavy atom. The van der Waals surface area contributed by atoms with Gasteiger partial charge in [0, 0.05) is 19.6 Å². The SMILES string of the molecule is [B-][N+](CC)(CC)CC. The van der Waals surface area contributed by atoms with E-state index in [9.17, 15) is 0 Å². The van der Waals surface area contributed by atoms with Crippen LogP contribution in [-0.2, 0) is 0 Å². The van der Waals surface area contributed by atoms with Crippen molar-refractivity contribution in [3.8, 4) is 0 Å². The molecule has 47 valence electrons. The second kappa shape index (κ2) is 3.13. The van der Waals surface area contributed by atoms with Crippen molar-refractivity contribution in [2.24, 2.45) is 0 Å². The molecular formula is C6H15BN. The zero-order chi connectivity index (χ0) is 6.62. The normalized spacial score (nSPS) is 12.0. The summed E-state index contributed by atoms with van der Waals surface area (Å²) in [4.78, 5) is 0. The topological polar surface area (TPSA) is 0 Å². The first-order valence-corrected chi connectivity index (χ1v) is 3.33. The van der Waals surface area contributed by atoms with Gasteiger partial charge in [0.2, 0.25) is 0 Å². The molecule has 0 atom stereocenters. The number of hydrogen-bond acceptors (Lipinski definition) is 0. The van der Waals surface area contributed by atoms with E-state index in [0.717, 1.165) is 19.6 Å². The molecule has 0 saturated heterocycles. The Morgan fingerprint density at radius 1 is 1.00 bits per heavy atom. The Hall–Kier alpha value is 0.0249. The fourth-order valence-electron chi connectivity index (χ4n) is 0.671. The van der Waals surface area contributed by atoms with Gasteiger partial charge in [-0.2, -0.15) is 0 Å². The minimum Gasteiger partial charge on any atom is -0.589 e. The molecule has 0 amide bonds. The van der Waals surface area contributed by atoms with Crippen LogP contribution in [0.1, 0.15) is 20.8 Å². The standard InChI is InChI=1S/C6H15BN/c1-4-8(7,5-2)6-3/h4-6H2,1-3H3. The van der Waals surface area contributed by atoms with Crippen molar-refractivity contribution in [3.63, 3.8) is 0 Å². The maximum absolute atomic E-state index is 5.83. The highest BCUT2D eigenvalue weighted by Gasteiger charge is 1.97. The molecule has 3 radical (unpaired) electrons. The van der Waals surface area contributed by atoms with Gasteiger partial charge < -0.3 is 4.39 Å². The number of nitrogens with zero attached hydrogens (tertiary/aromatic N) is 1. The van der Waals surface area contributed by atoms with Crippen molar-refractivity contribution in [2.45, 2.75) is 20.8 Å². The van der Waals surface area contributed by atoms with Crippen molar-refractivity contribution < 1.29 is 4.39 Å². The minimum atomic E-state index is 0.708. The molecule has 1 nitrogen and oxygen atoms in total.